The van der Waals surface area contributed by atoms with E-state index >= 15 is 0 Å². The van der Waals surface area contributed by atoms with Gasteiger partial charge in [0, 0.05) is 11.8 Å². The number of amides is 1. The molecule has 1 unspecified atom stereocenters. The summed E-state index contributed by atoms with van der Waals surface area (Å²) < 4.78 is 0. The van der Waals surface area contributed by atoms with Crippen LogP contribution < -0.4 is 5.32 Å². The van der Waals surface area contributed by atoms with Crippen molar-refractivity contribution in [3.8, 4) is 0 Å². The molecule has 1 N–H and O–H groups in total. The molecular formula is C18H18BrCl2NO. The fourth-order valence-electron chi connectivity index (χ4n) is 2.34. The lowest BCUT2D eigenvalue weighted by Gasteiger charge is -2.14. The number of anilines is 1. The van der Waals surface area contributed by atoms with E-state index in [9.17, 15) is 4.79 Å². The average Bonchev–Trinajstić information content (AvgIpc) is 2.56. The Kier molecular flexibility index (Phi) is 7.41. The SMILES string of the molecule is O=C(CCC(CBr)Cc1ccccc1)Nc1c(Cl)cccc1Cl. The van der Waals surface area contributed by atoms with Gasteiger partial charge in [0.2, 0.25) is 5.91 Å². The van der Waals surface area contributed by atoms with Crippen LogP contribution in [0.4, 0.5) is 5.69 Å². The van der Waals surface area contributed by atoms with E-state index < -0.39 is 0 Å². The van der Waals surface area contributed by atoms with Gasteiger partial charge in [-0.2, -0.15) is 0 Å². The summed E-state index contributed by atoms with van der Waals surface area (Å²) in [5, 5.41) is 4.57. The van der Waals surface area contributed by atoms with Crippen LogP contribution in [-0.4, -0.2) is 11.2 Å². The van der Waals surface area contributed by atoms with E-state index in [2.05, 4.69) is 33.4 Å². The van der Waals surface area contributed by atoms with Crippen LogP contribution in [0.15, 0.2) is 48.5 Å². The summed E-state index contributed by atoms with van der Waals surface area (Å²) in [7, 11) is 0. The highest BCUT2D eigenvalue weighted by Gasteiger charge is 2.13. The van der Waals surface area contributed by atoms with E-state index in [0.717, 1.165) is 18.2 Å². The summed E-state index contributed by atoms with van der Waals surface area (Å²) in [6, 6.07) is 15.5. The van der Waals surface area contributed by atoms with E-state index in [1.165, 1.54) is 5.56 Å². The minimum Gasteiger partial charge on any atom is -0.324 e. The quantitative estimate of drug-likeness (QED) is 0.555. The second kappa shape index (κ2) is 9.31. The van der Waals surface area contributed by atoms with Gasteiger partial charge in [0.1, 0.15) is 0 Å². The summed E-state index contributed by atoms with van der Waals surface area (Å²) in [6.45, 7) is 0. The molecule has 0 heterocycles. The number of halogens is 3. The van der Waals surface area contributed by atoms with Gasteiger partial charge in [0.15, 0.2) is 0 Å². The molecule has 2 aromatic carbocycles. The molecule has 0 bridgehead atoms. The molecule has 0 radical (unpaired) electrons. The van der Waals surface area contributed by atoms with Crippen LogP contribution in [0, 0.1) is 5.92 Å². The number of para-hydroxylation sites is 1. The lowest BCUT2D eigenvalue weighted by Crippen LogP contribution is -2.15. The first-order valence-corrected chi connectivity index (χ1v) is 9.31. The molecule has 0 saturated heterocycles. The van der Waals surface area contributed by atoms with Gasteiger partial charge in [-0.05, 0) is 36.5 Å². The van der Waals surface area contributed by atoms with E-state index in [0.29, 0.717) is 28.1 Å². The Morgan fingerprint density at radius 3 is 2.30 bits per heavy atom. The predicted molar refractivity (Wildman–Crippen MR) is 102 cm³/mol. The van der Waals surface area contributed by atoms with Crippen molar-refractivity contribution in [1.82, 2.24) is 0 Å². The van der Waals surface area contributed by atoms with Crippen LogP contribution in [-0.2, 0) is 11.2 Å². The van der Waals surface area contributed by atoms with Gasteiger partial charge in [-0.3, -0.25) is 4.79 Å². The van der Waals surface area contributed by atoms with E-state index in [1.54, 1.807) is 18.2 Å². The number of carbonyl (C=O) groups excluding carboxylic acids is 1. The van der Waals surface area contributed by atoms with Gasteiger partial charge < -0.3 is 5.32 Å². The molecule has 0 saturated carbocycles. The highest BCUT2D eigenvalue weighted by Crippen LogP contribution is 2.30. The predicted octanol–water partition coefficient (Wildman–Crippen LogP) is 5.97. The molecule has 2 rings (SSSR count). The average molecular weight is 415 g/mol. The third kappa shape index (κ3) is 5.83. The van der Waals surface area contributed by atoms with E-state index in [-0.39, 0.29) is 5.91 Å². The molecule has 2 aromatic rings. The molecule has 0 aliphatic carbocycles. The summed E-state index contributed by atoms with van der Waals surface area (Å²) in [6.07, 6.45) is 2.19. The summed E-state index contributed by atoms with van der Waals surface area (Å²) in [5.74, 6) is 0.337. The molecule has 23 heavy (non-hydrogen) atoms. The zero-order valence-corrected chi connectivity index (χ0v) is 15.7. The Morgan fingerprint density at radius 1 is 1.04 bits per heavy atom. The van der Waals surface area contributed by atoms with Gasteiger partial charge in [-0.1, -0.05) is 75.5 Å². The number of hydrogen-bond acceptors (Lipinski definition) is 1. The maximum Gasteiger partial charge on any atom is 0.224 e. The van der Waals surface area contributed by atoms with E-state index in [1.807, 2.05) is 18.2 Å². The molecular weight excluding hydrogens is 397 g/mol. The van der Waals surface area contributed by atoms with Crippen molar-refractivity contribution in [2.45, 2.75) is 19.3 Å². The monoisotopic (exact) mass is 413 g/mol. The number of carbonyl (C=O) groups is 1. The molecule has 0 aromatic heterocycles. The number of benzene rings is 2. The van der Waals surface area contributed by atoms with Crippen molar-refractivity contribution < 1.29 is 4.79 Å². The third-order valence-corrected chi connectivity index (χ3v) is 5.14. The van der Waals surface area contributed by atoms with E-state index in [4.69, 9.17) is 23.2 Å². The van der Waals surface area contributed by atoms with Crippen molar-refractivity contribution in [1.29, 1.82) is 0 Å². The second-order valence-corrected chi connectivity index (χ2v) is 6.86. The second-order valence-electron chi connectivity index (χ2n) is 5.39. The van der Waals surface area contributed by atoms with Crippen LogP contribution in [0.2, 0.25) is 10.0 Å². The first kappa shape index (κ1) is 18.3. The molecule has 1 amide bonds. The number of hydrogen-bond donors (Lipinski definition) is 1. The smallest absolute Gasteiger partial charge is 0.224 e. The van der Waals surface area contributed by atoms with Crippen molar-refractivity contribution in [2.75, 3.05) is 10.6 Å². The number of nitrogens with one attached hydrogen (secondary N) is 1. The molecule has 0 aliphatic heterocycles. The molecule has 0 fully saturated rings. The van der Waals surface area contributed by atoms with Crippen molar-refractivity contribution >= 4 is 50.7 Å². The highest BCUT2D eigenvalue weighted by atomic mass is 79.9. The number of alkyl halides is 1. The Hall–Kier alpha value is -1.03. The van der Waals surface area contributed by atoms with Crippen molar-refractivity contribution in [3.05, 3.63) is 64.1 Å². The largest absolute Gasteiger partial charge is 0.324 e. The normalized spacial score (nSPS) is 12.0. The van der Waals surface area contributed by atoms with Gasteiger partial charge in [0.05, 0.1) is 15.7 Å². The minimum absolute atomic E-state index is 0.0704. The summed E-state index contributed by atoms with van der Waals surface area (Å²) in [4.78, 5) is 12.1. The topological polar surface area (TPSA) is 29.1 Å². The maximum absolute atomic E-state index is 12.1. The summed E-state index contributed by atoms with van der Waals surface area (Å²) in [5.41, 5.74) is 1.77. The Morgan fingerprint density at radius 2 is 1.70 bits per heavy atom. The van der Waals surface area contributed by atoms with Crippen molar-refractivity contribution in [3.63, 3.8) is 0 Å². The van der Waals surface area contributed by atoms with Crippen LogP contribution >= 0.6 is 39.1 Å². The van der Waals surface area contributed by atoms with Gasteiger partial charge in [-0.25, -0.2) is 0 Å². The Bertz CT molecular complexity index is 628. The Labute approximate surface area is 155 Å². The molecule has 0 spiro atoms. The van der Waals surface area contributed by atoms with Crippen LogP contribution in [0.3, 0.4) is 0 Å². The number of rotatable bonds is 7. The standard InChI is InChI=1S/C18H18BrCl2NO/c19-12-14(11-13-5-2-1-3-6-13)9-10-17(23)22-18-15(20)7-4-8-16(18)21/h1-8,14H,9-12H2,(H,22,23). The lowest BCUT2D eigenvalue weighted by molar-refractivity contribution is -0.116. The highest BCUT2D eigenvalue weighted by molar-refractivity contribution is 9.09. The molecule has 2 nitrogen and oxygen atoms in total. The first-order chi connectivity index (χ1) is 11.1. The first-order valence-electron chi connectivity index (χ1n) is 7.44. The third-order valence-electron chi connectivity index (χ3n) is 3.59. The zero-order valence-electron chi connectivity index (χ0n) is 12.6. The minimum atomic E-state index is -0.0704. The van der Waals surface area contributed by atoms with Gasteiger partial charge in [-0.15, -0.1) is 0 Å². The molecule has 5 heteroatoms. The molecule has 0 aliphatic rings. The lowest BCUT2D eigenvalue weighted by atomic mass is 9.96. The Balaban J connectivity index is 1.87. The van der Waals surface area contributed by atoms with Crippen LogP contribution in [0.1, 0.15) is 18.4 Å². The fourth-order valence-corrected chi connectivity index (χ4v) is 3.38. The zero-order chi connectivity index (χ0) is 16.7. The molecule has 122 valence electrons. The van der Waals surface area contributed by atoms with Crippen LogP contribution in [0.25, 0.3) is 0 Å². The summed E-state index contributed by atoms with van der Waals surface area (Å²) >= 11 is 15.7. The van der Waals surface area contributed by atoms with Crippen LogP contribution in [0.5, 0.6) is 0 Å². The maximum atomic E-state index is 12.1. The fraction of sp³-hybridized carbons (Fsp3) is 0.278. The van der Waals surface area contributed by atoms with Gasteiger partial charge in [0.25, 0.3) is 0 Å². The van der Waals surface area contributed by atoms with Crippen molar-refractivity contribution in [2.24, 2.45) is 5.92 Å². The van der Waals surface area contributed by atoms with Gasteiger partial charge >= 0.3 is 0 Å². The molecule has 1 atom stereocenters.